The quantitative estimate of drug-likeness (QED) is 0.731. The van der Waals surface area contributed by atoms with E-state index in [1.807, 2.05) is 49.4 Å². The summed E-state index contributed by atoms with van der Waals surface area (Å²) in [5.74, 6) is 0. The first-order valence-electron chi connectivity index (χ1n) is 6.35. The van der Waals surface area contributed by atoms with E-state index < -0.39 is 0 Å². The van der Waals surface area contributed by atoms with Crippen molar-refractivity contribution in [1.29, 1.82) is 0 Å². The Morgan fingerprint density at radius 3 is 2.50 bits per heavy atom. The molecule has 2 aromatic carbocycles. The Morgan fingerprint density at radius 1 is 0.900 bits per heavy atom. The van der Waals surface area contributed by atoms with Crippen LogP contribution in [0.2, 0.25) is 0 Å². The second-order valence-corrected chi connectivity index (χ2v) is 4.89. The number of rotatable bonds is 3. The highest BCUT2D eigenvalue weighted by atomic mass is 16.1. The largest absolute Gasteiger partial charge is 0.352 e. The summed E-state index contributed by atoms with van der Waals surface area (Å²) < 4.78 is 0. The van der Waals surface area contributed by atoms with Crippen molar-refractivity contribution in [3.63, 3.8) is 0 Å². The summed E-state index contributed by atoms with van der Waals surface area (Å²) in [6.07, 6.45) is 1.66. The lowest BCUT2D eigenvalue weighted by Gasteiger charge is -2.05. The SMILES string of the molecule is Cc1cc(C=O)cc(-c2ccc3[nH]c(C=O)cc3c2)c1. The number of aromatic nitrogens is 1. The minimum atomic E-state index is 0.565. The van der Waals surface area contributed by atoms with Crippen LogP contribution in [0.4, 0.5) is 0 Å². The maximum absolute atomic E-state index is 11.0. The van der Waals surface area contributed by atoms with Gasteiger partial charge in [-0.05, 0) is 53.9 Å². The molecule has 0 saturated carbocycles. The molecular weight excluding hydrogens is 250 g/mol. The molecule has 0 amide bonds. The number of carbonyl (C=O) groups is 2. The summed E-state index contributed by atoms with van der Waals surface area (Å²) in [5.41, 5.74) is 5.24. The van der Waals surface area contributed by atoms with Crippen LogP contribution in [0.3, 0.4) is 0 Å². The topological polar surface area (TPSA) is 49.9 Å². The number of nitrogens with one attached hydrogen (secondary N) is 1. The van der Waals surface area contributed by atoms with Crippen LogP contribution in [-0.2, 0) is 0 Å². The Morgan fingerprint density at radius 2 is 1.75 bits per heavy atom. The van der Waals surface area contributed by atoms with Crippen LogP contribution in [0.25, 0.3) is 22.0 Å². The van der Waals surface area contributed by atoms with Gasteiger partial charge >= 0.3 is 0 Å². The van der Waals surface area contributed by atoms with Crippen LogP contribution in [0.5, 0.6) is 0 Å². The van der Waals surface area contributed by atoms with Crippen LogP contribution in [0.15, 0.2) is 42.5 Å². The van der Waals surface area contributed by atoms with Gasteiger partial charge in [-0.25, -0.2) is 0 Å². The van der Waals surface area contributed by atoms with Crippen molar-refractivity contribution in [2.75, 3.05) is 0 Å². The number of benzene rings is 2. The molecule has 3 nitrogen and oxygen atoms in total. The zero-order valence-corrected chi connectivity index (χ0v) is 11.0. The molecule has 0 fully saturated rings. The number of H-pyrrole nitrogens is 1. The third-order valence-electron chi connectivity index (χ3n) is 3.34. The van der Waals surface area contributed by atoms with E-state index in [1.54, 1.807) is 0 Å². The molecule has 1 N–H and O–H groups in total. The highest BCUT2D eigenvalue weighted by Crippen LogP contribution is 2.26. The average Bonchev–Trinajstić information content (AvgIpc) is 2.88. The molecular formula is C17H13NO2. The third kappa shape index (κ3) is 2.14. The Balaban J connectivity index is 2.16. The van der Waals surface area contributed by atoms with Crippen LogP contribution < -0.4 is 0 Å². The smallest absolute Gasteiger partial charge is 0.166 e. The molecule has 0 spiro atoms. The summed E-state index contributed by atoms with van der Waals surface area (Å²) in [4.78, 5) is 24.8. The first kappa shape index (κ1) is 12.4. The van der Waals surface area contributed by atoms with Gasteiger partial charge in [0.05, 0.1) is 5.69 Å². The molecule has 0 bridgehead atoms. The zero-order chi connectivity index (χ0) is 14.1. The van der Waals surface area contributed by atoms with Crippen molar-refractivity contribution in [1.82, 2.24) is 4.98 Å². The Kier molecular flexibility index (Phi) is 2.95. The molecule has 0 atom stereocenters. The van der Waals surface area contributed by atoms with E-state index >= 15 is 0 Å². The van der Waals surface area contributed by atoms with Crippen molar-refractivity contribution in [2.45, 2.75) is 6.92 Å². The molecule has 0 radical (unpaired) electrons. The van der Waals surface area contributed by atoms with Crippen molar-refractivity contribution < 1.29 is 9.59 Å². The first-order chi connectivity index (χ1) is 9.69. The summed E-state index contributed by atoms with van der Waals surface area (Å²) in [5, 5.41) is 0.985. The molecule has 3 heteroatoms. The van der Waals surface area contributed by atoms with Crippen LogP contribution in [0.1, 0.15) is 26.4 Å². The van der Waals surface area contributed by atoms with Crippen molar-refractivity contribution in [3.8, 4) is 11.1 Å². The number of aldehydes is 2. The number of carbonyl (C=O) groups excluding carboxylic acids is 2. The molecule has 1 heterocycles. The second-order valence-electron chi connectivity index (χ2n) is 4.89. The van der Waals surface area contributed by atoms with E-state index in [1.165, 1.54) is 0 Å². The Labute approximate surface area is 116 Å². The monoisotopic (exact) mass is 263 g/mol. The standard InChI is InChI=1S/C17H13NO2/c1-11-4-12(9-19)6-14(5-11)13-2-3-17-15(7-13)8-16(10-20)18-17/h2-10,18H,1H3. The Hall–Kier alpha value is -2.68. The summed E-state index contributed by atoms with van der Waals surface area (Å²) in [6.45, 7) is 1.97. The van der Waals surface area contributed by atoms with E-state index in [-0.39, 0.29) is 0 Å². The van der Waals surface area contributed by atoms with Crippen molar-refractivity contribution in [2.24, 2.45) is 0 Å². The summed E-state index contributed by atoms with van der Waals surface area (Å²) in [6, 6.07) is 13.5. The third-order valence-corrected chi connectivity index (χ3v) is 3.34. The fraction of sp³-hybridized carbons (Fsp3) is 0.0588. The van der Waals surface area contributed by atoms with Crippen molar-refractivity contribution >= 4 is 23.5 Å². The number of aromatic amines is 1. The lowest BCUT2D eigenvalue weighted by Crippen LogP contribution is -1.85. The molecule has 98 valence electrons. The lowest BCUT2D eigenvalue weighted by molar-refractivity contribution is 0.111. The minimum Gasteiger partial charge on any atom is -0.352 e. The minimum absolute atomic E-state index is 0.565. The van der Waals surface area contributed by atoms with Gasteiger partial charge in [0, 0.05) is 16.5 Å². The number of hydrogen-bond donors (Lipinski definition) is 1. The highest BCUT2D eigenvalue weighted by Gasteiger charge is 2.05. The first-order valence-corrected chi connectivity index (χ1v) is 6.35. The number of aryl methyl sites for hydroxylation is 1. The van der Waals surface area contributed by atoms with E-state index in [0.717, 1.165) is 40.2 Å². The highest BCUT2D eigenvalue weighted by molar-refractivity contribution is 5.91. The maximum atomic E-state index is 11.0. The van der Waals surface area contributed by atoms with Gasteiger partial charge in [-0.1, -0.05) is 12.1 Å². The molecule has 0 unspecified atom stereocenters. The normalized spacial score (nSPS) is 10.7. The molecule has 0 aliphatic rings. The second kappa shape index (κ2) is 4.78. The molecule has 1 aromatic heterocycles. The molecule has 0 aliphatic heterocycles. The maximum Gasteiger partial charge on any atom is 0.166 e. The van der Waals surface area contributed by atoms with Crippen molar-refractivity contribution in [3.05, 3.63) is 59.3 Å². The van der Waals surface area contributed by atoms with E-state index in [2.05, 4.69) is 4.98 Å². The number of fused-ring (bicyclic) bond motifs is 1. The predicted molar refractivity (Wildman–Crippen MR) is 79.2 cm³/mol. The van der Waals surface area contributed by atoms with Crippen LogP contribution in [0, 0.1) is 6.92 Å². The van der Waals surface area contributed by atoms with E-state index in [9.17, 15) is 9.59 Å². The molecule has 0 aliphatic carbocycles. The van der Waals surface area contributed by atoms with Gasteiger partial charge in [-0.15, -0.1) is 0 Å². The van der Waals surface area contributed by atoms with Gasteiger partial charge in [0.2, 0.25) is 0 Å². The van der Waals surface area contributed by atoms with Gasteiger partial charge in [0.1, 0.15) is 6.29 Å². The fourth-order valence-corrected chi connectivity index (χ4v) is 2.45. The Bertz CT molecular complexity index is 815. The molecule has 3 rings (SSSR count). The number of hydrogen-bond acceptors (Lipinski definition) is 2. The van der Waals surface area contributed by atoms with Crippen LogP contribution >= 0.6 is 0 Å². The van der Waals surface area contributed by atoms with Gasteiger partial charge < -0.3 is 4.98 Å². The summed E-state index contributed by atoms with van der Waals surface area (Å²) >= 11 is 0. The predicted octanol–water partition coefficient (Wildman–Crippen LogP) is 3.77. The summed E-state index contributed by atoms with van der Waals surface area (Å²) in [7, 11) is 0. The molecule has 0 saturated heterocycles. The van der Waals surface area contributed by atoms with E-state index in [4.69, 9.17) is 0 Å². The van der Waals surface area contributed by atoms with Gasteiger partial charge in [0.25, 0.3) is 0 Å². The zero-order valence-electron chi connectivity index (χ0n) is 11.0. The van der Waals surface area contributed by atoms with Gasteiger partial charge in [-0.2, -0.15) is 0 Å². The van der Waals surface area contributed by atoms with Gasteiger partial charge in [-0.3, -0.25) is 9.59 Å². The average molecular weight is 263 g/mol. The van der Waals surface area contributed by atoms with E-state index in [0.29, 0.717) is 11.3 Å². The molecule has 3 aromatic rings. The molecule has 20 heavy (non-hydrogen) atoms. The fourth-order valence-electron chi connectivity index (χ4n) is 2.45. The van der Waals surface area contributed by atoms with Gasteiger partial charge in [0.15, 0.2) is 6.29 Å². The van der Waals surface area contributed by atoms with Crippen LogP contribution in [-0.4, -0.2) is 17.6 Å². The lowest BCUT2D eigenvalue weighted by atomic mass is 10.00.